The molecular formula is C21H21NO4. The van der Waals surface area contributed by atoms with E-state index in [2.05, 4.69) is 5.32 Å². The van der Waals surface area contributed by atoms with Crippen LogP contribution in [0.4, 0.5) is 5.69 Å². The topological polar surface area (TPSA) is 68.5 Å². The highest BCUT2D eigenvalue weighted by molar-refractivity contribution is 5.92. The summed E-state index contributed by atoms with van der Waals surface area (Å²) in [5.74, 6) is 0.219. The molecule has 0 bridgehead atoms. The van der Waals surface area contributed by atoms with Gasteiger partial charge in [-0.25, -0.2) is 4.79 Å². The van der Waals surface area contributed by atoms with Crippen LogP contribution >= 0.6 is 0 Å². The molecule has 0 saturated heterocycles. The van der Waals surface area contributed by atoms with Gasteiger partial charge in [-0.3, -0.25) is 4.79 Å². The zero-order chi connectivity index (χ0) is 18.8. The van der Waals surface area contributed by atoms with Gasteiger partial charge in [-0.1, -0.05) is 6.07 Å². The van der Waals surface area contributed by atoms with Crippen LogP contribution in [0.2, 0.25) is 0 Å². The molecule has 0 atom stereocenters. The van der Waals surface area contributed by atoms with Crippen molar-refractivity contribution < 1.29 is 13.9 Å². The Labute approximate surface area is 151 Å². The minimum atomic E-state index is -0.361. The average molecular weight is 351 g/mol. The Morgan fingerprint density at radius 1 is 1.00 bits per heavy atom. The lowest BCUT2D eigenvalue weighted by Crippen LogP contribution is -2.20. The smallest absolute Gasteiger partial charge is 0.339 e. The minimum absolute atomic E-state index is 0.131. The summed E-state index contributed by atoms with van der Waals surface area (Å²) in [5.41, 5.74) is 4.47. The molecule has 5 nitrogen and oxygen atoms in total. The average Bonchev–Trinajstić information content (AvgIpc) is 2.57. The Hall–Kier alpha value is -3.08. The Morgan fingerprint density at radius 2 is 1.69 bits per heavy atom. The molecule has 0 saturated carbocycles. The van der Waals surface area contributed by atoms with Crippen molar-refractivity contribution in [3.8, 4) is 5.75 Å². The maximum Gasteiger partial charge on any atom is 0.339 e. The predicted octanol–water partition coefficient (Wildman–Crippen LogP) is 4.04. The fourth-order valence-corrected chi connectivity index (χ4v) is 2.91. The second-order valence-electron chi connectivity index (χ2n) is 6.51. The first-order chi connectivity index (χ1) is 12.3. The van der Waals surface area contributed by atoms with Crippen molar-refractivity contribution in [1.29, 1.82) is 0 Å². The van der Waals surface area contributed by atoms with E-state index < -0.39 is 0 Å². The normalized spacial score (nSPS) is 10.8. The van der Waals surface area contributed by atoms with E-state index >= 15 is 0 Å². The summed E-state index contributed by atoms with van der Waals surface area (Å²) < 4.78 is 10.9. The number of carbonyl (C=O) groups excluding carboxylic acids is 1. The van der Waals surface area contributed by atoms with Gasteiger partial charge in [0.1, 0.15) is 11.3 Å². The van der Waals surface area contributed by atoms with Crippen LogP contribution in [-0.2, 0) is 4.79 Å². The van der Waals surface area contributed by atoms with Crippen LogP contribution in [0.1, 0.15) is 22.3 Å². The van der Waals surface area contributed by atoms with Crippen LogP contribution < -0.4 is 15.7 Å². The third-order valence-corrected chi connectivity index (χ3v) is 4.30. The molecule has 2 aromatic carbocycles. The third kappa shape index (κ3) is 3.77. The highest BCUT2D eigenvalue weighted by atomic mass is 16.5. The van der Waals surface area contributed by atoms with Gasteiger partial charge in [-0.15, -0.1) is 0 Å². The molecule has 0 unspecified atom stereocenters. The van der Waals surface area contributed by atoms with Crippen LogP contribution in [0.25, 0.3) is 11.0 Å². The lowest BCUT2D eigenvalue weighted by Gasteiger charge is -2.10. The molecule has 26 heavy (non-hydrogen) atoms. The van der Waals surface area contributed by atoms with Crippen molar-refractivity contribution in [1.82, 2.24) is 0 Å². The van der Waals surface area contributed by atoms with Gasteiger partial charge in [0, 0.05) is 22.7 Å². The molecular weight excluding hydrogens is 330 g/mol. The summed E-state index contributed by atoms with van der Waals surface area (Å²) in [7, 11) is 0. The second kappa shape index (κ2) is 7.04. The van der Waals surface area contributed by atoms with Gasteiger partial charge in [0.25, 0.3) is 5.91 Å². The monoisotopic (exact) mass is 351 g/mol. The van der Waals surface area contributed by atoms with Gasteiger partial charge in [0.15, 0.2) is 6.61 Å². The molecule has 0 aliphatic rings. The maximum atomic E-state index is 12.1. The predicted molar refractivity (Wildman–Crippen MR) is 102 cm³/mol. The van der Waals surface area contributed by atoms with Crippen LogP contribution in [0.5, 0.6) is 5.75 Å². The number of nitrogens with one attached hydrogen (secondary N) is 1. The van der Waals surface area contributed by atoms with Gasteiger partial charge in [0.05, 0.1) is 0 Å². The van der Waals surface area contributed by atoms with Gasteiger partial charge in [-0.2, -0.15) is 0 Å². The first-order valence-corrected chi connectivity index (χ1v) is 8.38. The largest absolute Gasteiger partial charge is 0.484 e. The number of hydrogen-bond acceptors (Lipinski definition) is 4. The molecule has 1 amide bonds. The minimum Gasteiger partial charge on any atom is -0.484 e. The quantitative estimate of drug-likeness (QED) is 0.720. The van der Waals surface area contributed by atoms with Crippen molar-refractivity contribution in [3.05, 3.63) is 69.1 Å². The number of benzene rings is 2. The molecule has 1 heterocycles. The Kier molecular flexibility index (Phi) is 4.80. The molecule has 0 spiro atoms. The van der Waals surface area contributed by atoms with Crippen LogP contribution in [-0.4, -0.2) is 12.5 Å². The second-order valence-corrected chi connectivity index (χ2v) is 6.51. The van der Waals surface area contributed by atoms with Crippen LogP contribution in [0, 0.1) is 27.7 Å². The third-order valence-electron chi connectivity index (χ3n) is 4.30. The van der Waals surface area contributed by atoms with Gasteiger partial charge in [0.2, 0.25) is 0 Å². The molecule has 3 aromatic rings. The van der Waals surface area contributed by atoms with Crippen molar-refractivity contribution >= 4 is 22.6 Å². The highest BCUT2D eigenvalue weighted by Crippen LogP contribution is 2.24. The fourth-order valence-electron chi connectivity index (χ4n) is 2.91. The molecule has 1 aromatic heterocycles. The molecule has 0 aliphatic heterocycles. The van der Waals surface area contributed by atoms with Gasteiger partial charge >= 0.3 is 5.63 Å². The fraction of sp³-hybridized carbons (Fsp3) is 0.238. The summed E-state index contributed by atoms with van der Waals surface area (Å²) in [6.45, 7) is 7.44. The van der Waals surface area contributed by atoms with Gasteiger partial charge in [-0.05, 0) is 68.7 Å². The van der Waals surface area contributed by atoms with E-state index in [9.17, 15) is 9.59 Å². The number of anilines is 1. The molecule has 3 rings (SSSR count). The Balaban J connectivity index is 1.72. The van der Waals surface area contributed by atoms with E-state index in [1.807, 2.05) is 45.0 Å². The summed E-state index contributed by atoms with van der Waals surface area (Å²) in [6.07, 6.45) is 0. The van der Waals surface area contributed by atoms with Crippen molar-refractivity contribution in [2.45, 2.75) is 27.7 Å². The maximum absolute atomic E-state index is 12.1. The first-order valence-electron chi connectivity index (χ1n) is 8.38. The molecule has 0 aliphatic carbocycles. The molecule has 5 heteroatoms. The van der Waals surface area contributed by atoms with E-state index in [0.717, 1.165) is 27.8 Å². The lowest BCUT2D eigenvalue weighted by atomic mass is 10.1. The van der Waals surface area contributed by atoms with Crippen LogP contribution in [0.3, 0.4) is 0 Å². The Bertz CT molecular complexity index is 1030. The van der Waals surface area contributed by atoms with E-state index in [-0.39, 0.29) is 18.1 Å². The summed E-state index contributed by atoms with van der Waals surface area (Å²) in [4.78, 5) is 23.9. The first kappa shape index (κ1) is 17.7. The van der Waals surface area contributed by atoms with E-state index in [1.54, 1.807) is 19.1 Å². The zero-order valence-electron chi connectivity index (χ0n) is 15.3. The van der Waals surface area contributed by atoms with Gasteiger partial charge < -0.3 is 14.5 Å². The number of aryl methyl sites for hydroxylation is 3. The van der Waals surface area contributed by atoms with E-state index in [4.69, 9.17) is 9.15 Å². The summed E-state index contributed by atoms with van der Waals surface area (Å²) in [5, 5.41) is 3.67. The lowest BCUT2D eigenvalue weighted by molar-refractivity contribution is -0.118. The van der Waals surface area contributed by atoms with Crippen molar-refractivity contribution in [3.63, 3.8) is 0 Å². The van der Waals surface area contributed by atoms with E-state index in [1.165, 1.54) is 0 Å². The number of fused-ring (bicyclic) bond motifs is 1. The number of carbonyl (C=O) groups is 1. The SMILES string of the molecule is Cc1cc(C)cc(NC(=O)COc2ccc3c(C)c(C)c(=O)oc3c2)c1. The number of ether oxygens (including phenoxy) is 1. The Morgan fingerprint density at radius 3 is 2.38 bits per heavy atom. The number of hydrogen-bond donors (Lipinski definition) is 1. The number of rotatable bonds is 4. The van der Waals surface area contributed by atoms with Crippen molar-refractivity contribution in [2.75, 3.05) is 11.9 Å². The zero-order valence-corrected chi connectivity index (χ0v) is 15.3. The molecule has 0 radical (unpaired) electrons. The van der Waals surface area contributed by atoms with Crippen molar-refractivity contribution in [2.24, 2.45) is 0 Å². The standard InChI is InChI=1S/C21H21NO4/c1-12-7-13(2)9-16(8-12)22-20(23)11-25-17-5-6-18-14(3)15(4)21(24)26-19(18)10-17/h5-10H,11H2,1-4H3,(H,22,23). The summed E-state index contributed by atoms with van der Waals surface area (Å²) in [6, 6.07) is 11.1. The summed E-state index contributed by atoms with van der Waals surface area (Å²) >= 11 is 0. The molecule has 0 fully saturated rings. The highest BCUT2D eigenvalue weighted by Gasteiger charge is 2.10. The molecule has 1 N–H and O–H groups in total. The van der Waals surface area contributed by atoms with E-state index in [0.29, 0.717) is 16.9 Å². The van der Waals surface area contributed by atoms with Crippen LogP contribution in [0.15, 0.2) is 45.6 Å². The number of amides is 1. The molecule has 134 valence electrons.